The van der Waals surface area contributed by atoms with E-state index in [2.05, 4.69) is 11.4 Å². The van der Waals surface area contributed by atoms with Crippen molar-refractivity contribution in [2.75, 3.05) is 26.3 Å². The van der Waals surface area contributed by atoms with Gasteiger partial charge in [-0.3, -0.25) is 9.69 Å². The van der Waals surface area contributed by atoms with E-state index in [0.29, 0.717) is 37.4 Å². The molecular formula is C20H22N4O3. The number of allylic oxidation sites excluding steroid dienone is 1. The molecule has 0 unspecified atom stereocenters. The van der Waals surface area contributed by atoms with Gasteiger partial charge in [0.05, 0.1) is 36.5 Å². The third kappa shape index (κ3) is 3.28. The van der Waals surface area contributed by atoms with Crippen LogP contribution in [0.3, 0.4) is 0 Å². The second-order valence-corrected chi connectivity index (χ2v) is 7.12. The molecule has 1 N–H and O–H groups in total. The molecule has 3 amide bonds. The van der Waals surface area contributed by atoms with E-state index in [-0.39, 0.29) is 18.0 Å². The van der Waals surface area contributed by atoms with Gasteiger partial charge < -0.3 is 15.0 Å². The van der Waals surface area contributed by atoms with Crippen molar-refractivity contribution in [3.63, 3.8) is 0 Å². The lowest BCUT2D eigenvalue weighted by Gasteiger charge is -2.38. The molecule has 1 saturated carbocycles. The summed E-state index contributed by atoms with van der Waals surface area (Å²) in [5.41, 5.74) is 2.68. The lowest BCUT2D eigenvalue weighted by Crippen LogP contribution is -2.51. The summed E-state index contributed by atoms with van der Waals surface area (Å²) in [7, 11) is 0. The van der Waals surface area contributed by atoms with Crippen LogP contribution in [0.5, 0.6) is 0 Å². The summed E-state index contributed by atoms with van der Waals surface area (Å²) < 4.78 is 5.37. The van der Waals surface area contributed by atoms with Gasteiger partial charge in [0, 0.05) is 24.8 Å². The first-order chi connectivity index (χ1) is 13.1. The lowest BCUT2D eigenvalue weighted by molar-refractivity contribution is -0.131. The fourth-order valence-electron chi connectivity index (χ4n) is 3.74. The van der Waals surface area contributed by atoms with Crippen LogP contribution in [0.25, 0.3) is 0 Å². The van der Waals surface area contributed by atoms with E-state index in [1.54, 1.807) is 34.1 Å². The Hall–Kier alpha value is -2.85. The minimum atomic E-state index is -0.518. The van der Waals surface area contributed by atoms with Gasteiger partial charge in [-0.05, 0) is 37.5 Å². The first-order valence-electron chi connectivity index (χ1n) is 9.27. The van der Waals surface area contributed by atoms with Crippen molar-refractivity contribution in [3.8, 4) is 6.07 Å². The van der Waals surface area contributed by atoms with Crippen LogP contribution in [0.1, 0.15) is 36.9 Å². The molecule has 140 valence electrons. The number of carbonyl (C=O) groups is 2. The molecule has 2 heterocycles. The maximum atomic E-state index is 13.3. The Labute approximate surface area is 158 Å². The van der Waals surface area contributed by atoms with Gasteiger partial charge in [0.1, 0.15) is 0 Å². The zero-order valence-corrected chi connectivity index (χ0v) is 15.3. The molecule has 1 aromatic carbocycles. The Bertz CT molecular complexity index is 830. The molecule has 7 nitrogen and oxygen atoms in total. The summed E-state index contributed by atoms with van der Waals surface area (Å²) in [5.74, 6) is -0.0594. The zero-order chi connectivity index (χ0) is 19.0. The number of nitrogens with one attached hydrogen (secondary N) is 1. The number of benzene rings is 1. The number of ether oxygens (including phenoxy) is 1. The minimum absolute atomic E-state index is 0.0594. The number of hydrogen-bond donors (Lipinski definition) is 1. The van der Waals surface area contributed by atoms with Crippen LogP contribution in [-0.2, 0) is 9.53 Å². The fourth-order valence-corrected chi connectivity index (χ4v) is 3.74. The molecule has 0 aromatic heterocycles. The highest BCUT2D eigenvalue weighted by Gasteiger charge is 2.43. The smallest absolute Gasteiger partial charge is 0.322 e. The third-order valence-electron chi connectivity index (χ3n) is 5.34. The van der Waals surface area contributed by atoms with Gasteiger partial charge in [0.15, 0.2) is 0 Å². The standard InChI is InChI=1S/C20H22N4O3/c1-13-17(19(25)23-8-10-27-11-9-23)18(15-4-2-14(12-21)3-5-15)22-20(26)24(13)16-6-7-16/h2-5,16,18H,6-11H2,1H3,(H,22,26)/t18-/m1/s1. The fraction of sp³-hybridized carbons (Fsp3) is 0.450. The number of urea groups is 1. The van der Waals surface area contributed by atoms with Crippen LogP contribution in [0.2, 0.25) is 0 Å². The number of nitrogens with zero attached hydrogens (tertiary/aromatic N) is 3. The number of rotatable bonds is 3. The Morgan fingerprint density at radius 3 is 2.48 bits per heavy atom. The molecule has 1 saturated heterocycles. The molecule has 0 radical (unpaired) electrons. The number of carbonyl (C=O) groups excluding carboxylic acids is 2. The molecule has 1 aromatic rings. The van der Waals surface area contributed by atoms with Gasteiger partial charge in [0.25, 0.3) is 5.91 Å². The van der Waals surface area contributed by atoms with Gasteiger partial charge in [-0.2, -0.15) is 5.26 Å². The highest BCUT2D eigenvalue weighted by atomic mass is 16.5. The molecule has 2 aliphatic heterocycles. The zero-order valence-electron chi connectivity index (χ0n) is 15.3. The summed E-state index contributed by atoms with van der Waals surface area (Å²) in [6.07, 6.45) is 1.93. The Morgan fingerprint density at radius 1 is 1.22 bits per heavy atom. The largest absolute Gasteiger partial charge is 0.378 e. The normalized spacial score (nSPS) is 23.1. The molecule has 1 aliphatic carbocycles. The van der Waals surface area contributed by atoms with Crippen LogP contribution in [-0.4, -0.2) is 54.1 Å². The first-order valence-corrected chi connectivity index (χ1v) is 9.27. The highest BCUT2D eigenvalue weighted by Crippen LogP contribution is 2.38. The maximum absolute atomic E-state index is 13.3. The van der Waals surface area contributed by atoms with Crippen LogP contribution >= 0.6 is 0 Å². The summed E-state index contributed by atoms with van der Waals surface area (Å²) in [6.45, 7) is 4.01. The second kappa shape index (κ2) is 7.05. The van der Waals surface area contributed by atoms with E-state index in [9.17, 15) is 9.59 Å². The van der Waals surface area contributed by atoms with Crippen LogP contribution < -0.4 is 5.32 Å². The molecular weight excluding hydrogens is 344 g/mol. The van der Waals surface area contributed by atoms with Crippen molar-refractivity contribution in [2.24, 2.45) is 0 Å². The monoisotopic (exact) mass is 366 g/mol. The van der Waals surface area contributed by atoms with E-state index in [4.69, 9.17) is 10.00 Å². The minimum Gasteiger partial charge on any atom is -0.378 e. The maximum Gasteiger partial charge on any atom is 0.322 e. The molecule has 1 atom stereocenters. The number of morpholine rings is 1. The van der Waals surface area contributed by atoms with Gasteiger partial charge in [-0.25, -0.2) is 4.79 Å². The Morgan fingerprint density at radius 2 is 1.89 bits per heavy atom. The first kappa shape index (κ1) is 17.6. The van der Waals surface area contributed by atoms with Gasteiger partial charge in [-0.15, -0.1) is 0 Å². The Kier molecular flexibility index (Phi) is 4.58. The number of hydrogen-bond acceptors (Lipinski definition) is 4. The van der Waals surface area contributed by atoms with Crippen molar-refractivity contribution >= 4 is 11.9 Å². The number of amides is 3. The summed E-state index contributed by atoms with van der Waals surface area (Å²) in [6, 6.07) is 8.61. The molecule has 0 spiro atoms. The molecule has 0 bridgehead atoms. The third-order valence-corrected chi connectivity index (χ3v) is 5.34. The summed E-state index contributed by atoms with van der Waals surface area (Å²) in [5, 5.41) is 12.0. The topological polar surface area (TPSA) is 85.7 Å². The van der Waals surface area contributed by atoms with Crippen molar-refractivity contribution in [3.05, 3.63) is 46.7 Å². The quantitative estimate of drug-likeness (QED) is 0.886. The van der Waals surface area contributed by atoms with E-state index in [0.717, 1.165) is 24.1 Å². The van der Waals surface area contributed by atoms with Crippen molar-refractivity contribution in [1.29, 1.82) is 5.26 Å². The van der Waals surface area contributed by atoms with Gasteiger partial charge in [-0.1, -0.05) is 12.1 Å². The summed E-state index contributed by atoms with van der Waals surface area (Å²) in [4.78, 5) is 29.6. The molecule has 7 heteroatoms. The van der Waals surface area contributed by atoms with Crippen LogP contribution in [0, 0.1) is 11.3 Å². The molecule has 3 aliphatic rings. The van der Waals surface area contributed by atoms with Gasteiger partial charge in [0.2, 0.25) is 0 Å². The van der Waals surface area contributed by atoms with Crippen LogP contribution in [0.15, 0.2) is 35.5 Å². The van der Waals surface area contributed by atoms with Crippen molar-refractivity contribution in [1.82, 2.24) is 15.1 Å². The predicted molar refractivity (Wildman–Crippen MR) is 97.4 cm³/mol. The number of nitriles is 1. The highest BCUT2D eigenvalue weighted by molar-refractivity contribution is 5.98. The van der Waals surface area contributed by atoms with Crippen molar-refractivity contribution in [2.45, 2.75) is 31.8 Å². The Balaban J connectivity index is 1.74. The van der Waals surface area contributed by atoms with Crippen LogP contribution in [0.4, 0.5) is 4.79 Å². The average molecular weight is 366 g/mol. The molecule has 2 fully saturated rings. The summed E-state index contributed by atoms with van der Waals surface area (Å²) >= 11 is 0. The molecule has 27 heavy (non-hydrogen) atoms. The van der Waals surface area contributed by atoms with E-state index < -0.39 is 6.04 Å². The molecule has 4 rings (SSSR count). The lowest BCUT2D eigenvalue weighted by atomic mass is 9.93. The van der Waals surface area contributed by atoms with Gasteiger partial charge >= 0.3 is 6.03 Å². The van der Waals surface area contributed by atoms with Crippen molar-refractivity contribution < 1.29 is 14.3 Å². The van der Waals surface area contributed by atoms with E-state index >= 15 is 0 Å². The van der Waals surface area contributed by atoms with E-state index in [1.807, 2.05) is 6.92 Å². The average Bonchev–Trinajstić information content (AvgIpc) is 3.53. The second-order valence-electron chi connectivity index (χ2n) is 7.12. The van der Waals surface area contributed by atoms with E-state index in [1.165, 1.54) is 0 Å². The SMILES string of the molecule is CC1=C(C(=O)N2CCOCC2)[C@@H](c2ccc(C#N)cc2)NC(=O)N1C1CC1. The predicted octanol–water partition coefficient (Wildman–Crippen LogP) is 1.92.